The first-order chi connectivity index (χ1) is 10.7. The van der Waals surface area contributed by atoms with Crippen molar-refractivity contribution in [2.45, 2.75) is 32.4 Å². The molecular weight excluding hydrogens is 305 g/mol. The van der Waals surface area contributed by atoms with Crippen LogP contribution in [0.1, 0.15) is 32.0 Å². The van der Waals surface area contributed by atoms with Crippen LogP contribution >= 0.6 is 0 Å². The number of aromatic nitrogens is 4. The Morgan fingerprint density at radius 2 is 1.70 bits per heavy atom. The first kappa shape index (κ1) is 15.5. The molecular formula is C16H15F3N4. The lowest BCUT2D eigenvalue weighted by atomic mass is 9.88. The van der Waals surface area contributed by atoms with E-state index in [-0.39, 0.29) is 17.1 Å². The van der Waals surface area contributed by atoms with E-state index in [9.17, 15) is 13.2 Å². The molecule has 0 saturated heterocycles. The lowest BCUT2D eigenvalue weighted by molar-refractivity contribution is -0.138. The van der Waals surface area contributed by atoms with Gasteiger partial charge in [0.2, 0.25) is 0 Å². The molecule has 120 valence electrons. The summed E-state index contributed by atoms with van der Waals surface area (Å²) in [5.74, 6) is 0. The monoisotopic (exact) mass is 320 g/mol. The van der Waals surface area contributed by atoms with Crippen molar-refractivity contribution in [2.24, 2.45) is 0 Å². The summed E-state index contributed by atoms with van der Waals surface area (Å²) in [6.07, 6.45) is -3.27. The molecule has 3 rings (SSSR count). The molecule has 4 nitrogen and oxygen atoms in total. The molecule has 0 aliphatic rings. The van der Waals surface area contributed by atoms with E-state index in [1.165, 1.54) is 6.33 Å². The van der Waals surface area contributed by atoms with Gasteiger partial charge in [-0.25, -0.2) is 9.97 Å². The molecule has 0 fully saturated rings. The number of hydrogen-bond acceptors (Lipinski definition) is 3. The first-order valence-electron chi connectivity index (χ1n) is 7.06. The molecule has 7 heteroatoms. The average molecular weight is 320 g/mol. The molecule has 1 aromatic carbocycles. The van der Waals surface area contributed by atoms with Crippen LogP contribution in [0.25, 0.3) is 22.3 Å². The summed E-state index contributed by atoms with van der Waals surface area (Å²) >= 11 is 0. The van der Waals surface area contributed by atoms with E-state index in [4.69, 9.17) is 0 Å². The summed E-state index contributed by atoms with van der Waals surface area (Å²) in [5.41, 5.74) is -0.886. The number of benzene rings is 1. The fraction of sp³-hybridized carbons (Fsp3) is 0.312. The Balaban J connectivity index is 2.34. The number of halogens is 3. The Bertz CT molecular complexity index is 854. The maximum atomic E-state index is 13.7. The third kappa shape index (κ3) is 2.67. The van der Waals surface area contributed by atoms with Gasteiger partial charge < -0.3 is 0 Å². The molecule has 3 aromatic rings. The van der Waals surface area contributed by atoms with Gasteiger partial charge in [-0.1, -0.05) is 39.0 Å². The number of hydrogen-bond donors (Lipinski definition) is 1. The predicted molar refractivity (Wildman–Crippen MR) is 80.8 cm³/mol. The Hall–Kier alpha value is -2.44. The molecule has 0 atom stereocenters. The minimum absolute atomic E-state index is 0.0253. The molecule has 0 bridgehead atoms. The van der Waals surface area contributed by atoms with Crippen LogP contribution in [-0.4, -0.2) is 20.2 Å². The van der Waals surface area contributed by atoms with E-state index in [1.807, 2.05) is 0 Å². The highest BCUT2D eigenvalue weighted by molar-refractivity contribution is 5.91. The Labute approximate surface area is 130 Å². The molecule has 23 heavy (non-hydrogen) atoms. The zero-order valence-corrected chi connectivity index (χ0v) is 12.9. The fourth-order valence-electron chi connectivity index (χ4n) is 2.54. The minimum Gasteiger partial charge on any atom is -0.275 e. The summed E-state index contributed by atoms with van der Waals surface area (Å²) in [4.78, 5) is 8.15. The van der Waals surface area contributed by atoms with Crippen molar-refractivity contribution in [1.82, 2.24) is 20.2 Å². The second-order valence-electron chi connectivity index (χ2n) is 6.31. The average Bonchev–Trinajstić information content (AvgIpc) is 2.91. The number of fused-ring (bicyclic) bond motifs is 1. The lowest BCUT2D eigenvalue weighted by Crippen LogP contribution is -2.19. The molecule has 2 heterocycles. The van der Waals surface area contributed by atoms with E-state index < -0.39 is 17.2 Å². The standard InChI is InChI=1S/C16H15F3N4/c1-15(2,3)14-11(16(17,18)19)13(22-23-14)12-9-6-4-5-7-10(9)20-8-21-12/h4-8H,1-3H3,(H,22,23). The van der Waals surface area contributed by atoms with Crippen LogP contribution in [0.5, 0.6) is 0 Å². The van der Waals surface area contributed by atoms with Gasteiger partial charge in [-0.2, -0.15) is 18.3 Å². The smallest absolute Gasteiger partial charge is 0.275 e. The van der Waals surface area contributed by atoms with E-state index in [0.717, 1.165) is 0 Å². The van der Waals surface area contributed by atoms with Gasteiger partial charge in [0, 0.05) is 10.8 Å². The van der Waals surface area contributed by atoms with E-state index in [1.54, 1.807) is 45.0 Å². The minimum atomic E-state index is -4.53. The Morgan fingerprint density at radius 1 is 1.00 bits per heavy atom. The van der Waals surface area contributed by atoms with Gasteiger partial charge in [-0.05, 0) is 6.07 Å². The van der Waals surface area contributed by atoms with Crippen LogP contribution in [-0.2, 0) is 11.6 Å². The van der Waals surface area contributed by atoms with Crippen LogP contribution in [0.15, 0.2) is 30.6 Å². The summed E-state index contributed by atoms with van der Waals surface area (Å²) in [5, 5.41) is 7.01. The molecule has 0 saturated carbocycles. The highest BCUT2D eigenvalue weighted by Crippen LogP contribution is 2.42. The van der Waals surface area contributed by atoms with Crippen molar-refractivity contribution in [3.05, 3.63) is 41.9 Å². The highest BCUT2D eigenvalue weighted by Gasteiger charge is 2.42. The molecule has 0 radical (unpaired) electrons. The van der Waals surface area contributed by atoms with Crippen molar-refractivity contribution in [1.29, 1.82) is 0 Å². The van der Waals surface area contributed by atoms with Gasteiger partial charge >= 0.3 is 6.18 Å². The van der Waals surface area contributed by atoms with Gasteiger partial charge in [0.15, 0.2) is 0 Å². The number of nitrogens with one attached hydrogen (secondary N) is 1. The largest absolute Gasteiger partial charge is 0.420 e. The SMILES string of the molecule is CC(C)(C)c1n[nH]c(-c2ncnc3ccccc23)c1C(F)(F)F. The topological polar surface area (TPSA) is 54.5 Å². The van der Waals surface area contributed by atoms with Crippen molar-refractivity contribution in [3.63, 3.8) is 0 Å². The molecule has 0 amide bonds. The summed E-state index contributed by atoms with van der Waals surface area (Å²) < 4.78 is 41.0. The second-order valence-corrected chi connectivity index (χ2v) is 6.31. The Morgan fingerprint density at radius 3 is 2.35 bits per heavy atom. The Kier molecular flexibility index (Phi) is 3.39. The van der Waals surface area contributed by atoms with Gasteiger partial charge in [0.1, 0.15) is 11.9 Å². The molecule has 0 aliphatic heterocycles. The van der Waals surface area contributed by atoms with Gasteiger partial charge in [-0.3, -0.25) is 5.10 Å². The molecule has 0 aliphatic carbocycles. The predicted octanol–water partition coefficient (Wildman–Crippen LogP) is 4.34. The fourth-order valence-corrected chi connectivity index (χ4v) is 2.54. The number of rotatable bonds is 1. The third-order valence-corrected chi connectivity index (χ3v) is 3.54. The van der Waals surface area contributed by atoms with Crippen LogP contribution in [0.4, 0.5) is 13.2 Å². The quantitative estimate of drug-likeness (QED) is 0.726. The number of para-hydroxylation sites is 1. The maximum Gasteiger partial charge on any atom is 0.420 e. The number of alkyl halides is 3. The zero-order chi connectivity index (χ0) is 16.8. The van der Waals surface area contributed by atoms with Gasteiger partial charge in [0.05, 0.1) is 22.6 Å². The second kappa shape index (κ2) is 5.04. The van der Waals surface area contributed by atoms with Crippen molar-refractivity contribution in [3.8, 4) is 11.4 Å². The molecule has 1 N–H and O–H groups in total. The third-order valence-electron chi connectivity index (χ3n) is 3.54. The number of H-pyrrole nitrogens is 1. The number of aromatic amines is 1. The van der Waals surface area contributed by atoms with E-state index >= 15 is 0 Å². The van der Waals surface area contributed by atoms with Crippen molar-refractivity contribution in [2.75, 3.05) is 0 Å². The summed E-state index contributed by atoms with van der Waals surface area (Å²) in [6, 6.07) is 6.94. The normalized spacial score (nSPS) is 12.8. The first-order valence-corrected chi connectivity index (χ1v) is 7.06. The maximum absolute atomic E-state index is 13.7. The highest BCUT2D eigenvalue weighted by atomic mass is 19.4. The van der Waals surface area contributed by atoms with Crippen LogP contribution in [0.3, 0.4) is 0 Å². The van der Waals surface area contributed by atoms with Crippen LogP contribution in [0, 0.1) is 0 Å². The van der Waals surface area contributed by atoms with Crippen molar-refractivity contribution < 1.29 is 13.2 Å². The zero-order valence-electron chi connectivity index (χ0n) is 12.9. The molecule has 0 spiro atoms. The number of nitrogens with zero attached hydrogens (tertiary/aromatic N) is 3. The van der Waals surface area contributed by atoms with E-state index in [2.05, 4.69) is 20.2 Å². The molecule has 0 unspecified atom stereocenters. The van der Waals surface area contributed by atoms with Crippen molar-refractivity contribution >= 4 is 10.9 Å². The summed E-state index contributed by atoms with van der Waals surface area (Å²) in [7, 11) is 0. The molecule has 2 aromatic heterocycles. The summed E-state index contributed by atoms with van der Waals surface area (Å²) in [6.45, 7) is 5.08. The lowest BCUT2D eigenvalue weighted by Gasteiger charge is -2.19. The van der Waals surface area contributed by atoms with Gasteiger partial charge in [0.25, 0.3) is 0 Å². The van der Waals surface area contributed by atoms with Gasteiger partial charge in [-0.15, -0.1) is 0 Å². The van der Waals surface area contributed by atoms with Crippen LogP contribution in [0.2, 0.25) is 0 Å². The van der Waals surface area contributed by atoms with E-state index in [0.29, 0.717) is 10.9 Å². The van der Waals surface area contributed by atoms with Crippen LogP contribution < -0.4 is 0 Å².